The fourth-order valence-corrected chi connectivity index (χ4v) is 3.08. The van der Waals surface area contributed by atoms with Crippen LogP contribution in [0, 0.1) is 6.92 Å². The highest BCUT2D eigenvalue weighted by Gasteiger charge is 2.26. The summed E-state index contributed by atoms with van der Waals surface area (Å²) in [5.74, 6) is 3.09. The fraction of sp³-hybridized carbons (Fsp3) is 0.625. The lowest BCUT2D eigenvalue weighted by Crippen LogP contribution is -2.48. The van der Waals surface area contributed by atoms with E-state index >= 15 is 0 Å². The highest BCUT2D eigenvalue weighted by Crippen LogP contribution is 2.17. The van der Waals surface area contributed by atoms with Crippen molar-refractivity contribution in [3.8, 4) is 0 Å². The van der Waals surface area contributed by atoms with Gasteiger partial charge in [0, 0.05) is 31.5 Å². The summed E-state index contributed by atoms with van der Waals surface area (Å²) in [6, 6.07) is 1.67. The number of rotatable bonds is 6. The van der Waals surface area contributed by atoms with Gasteiger partial charge in [-0.05, 0) is 19.8 Å². The summed E-state index contributed by atoms with van der Waals surface area (Å²) in [7, 11) is 0. The third-order valence-corrected chi connectivity index (χ3v) is 4.38. The van der Waals surface area contributed by atoms with Gasteiger partial charge in [-0.2, -0.15) is 0 Å². The summed E-state index contributed by atoms with van der Waals surface area (Å²) >= 11 is 0. The van der Waals surface area contributed by atoms with E-state index in [0.717, 1.165) is 37.5 Å². The number of amides is 1. The van der Waals surface area contributed by atoms with Crippen molar-refractivity contribution < 1.29 is 9.32 Å². The molecule has 0 unspecified atom stereocenters. The number of nitrogens with zero attached hydrogens (tertiary/aromatic N) is 4. The number of hydrogen-bond acceptors (Lipinski definition) is 6. The van der Waals surface area contributed by atoms with Crippen molar-refractivity contribution in [2.45, 2.75) is 65.1 Å². The van der Waals surface area contributed by atoms with Crippen molar-refractivity contribution in [1.82, 2.24) is 25.2 Å². The molecule has 0 bridgehead atoms. The Bertz CT molecular complexity index is 694. The zero-order valence-electron chi connectivity index (χ0n) is 14.4. The molecule has 2 N–H and O–H groups in total. The molecule has 2 aromatic heterocycles. The maximum absolute atomic E-state index is 12.5. The van der Waals surface area contributed by atoms with Crippen LogP contribution in [0.25, 0.3) is 0 Å². The SMILES string of the molecule is CCc1nnc2n1C[C@@H](N[C@@H](CC)C(=O)Nc1cc(C)on1)CC2. The summed E-state index contributed by atoms with van der Waals surface area (Å²) < 4.78 is 7.16. The van der Waals surface area contributed by atoms with Gasteiger partial charge in [0.2, 0.25) is 5.91 Å². The second kappa shape index (κ2) is 7.12. The molecule has 2 aromatic rings. The maximum Gasteiger partial charge on any atom is 0.242 e. The Hall–Kier alpha value is -2.22. The highest BCUT2D eigenvalue weighted by atomic mass is 16.5. The first-order chi connectivity index (χ1) is 11.6. The van der Waals surface area contributed by atoms with Gasteiger partial charge in [-0.15, -0.1) is 10.2 Å². The number of carbonyl (C=O) groups is 1. The van der Waals surface area contributed by atoms with Crippen molar-refractivity contribution in [2.75, 3.05) is 5.32 Å². The Morgan fingerprint density at radius 1 is 1.46 bits per heavy atom. The summed E-state index contributed by atoms with van der Waals surface area (Å²) in [6.45, 7) is 6.67. The fourth-order valence-electron chi connectivity index (χ4n) is 3.08. The summed E-state index contributed by atoms with van der Waals surface area (Å²) in [5, 5.41) is 18.6. The van der Waals surface area contributed by atoms with Gasteiger partial charge >= 0.3 is 0 Å². The second-order valence-electron chi connectivity index (χ2n) is 6.17. The van der Waals surface area contributed by atoms with Crippen LogP contribution >= 0.6 is 0 Å². The average Bonchev–Trinajstić information content (AvgIpc) is 3.17. The van der Waals surface area contributed by atoms with Gasteiger partial charge in [-0.3, -0.25) is 4.79 Å². The molecular formula is C16H24N6O2. The molecule has 1 aliphatic heterocycles. The number of aromatic nitrogens is 4. The molecule has 1 aliphatic rings. The van der Waals surface area contributed by atoms with Crippen LogP contribution in [0.4, 0.5) is 5.82 Å². The van der Waals surface area contributed by atoms with Crippen LogP contribution in [0.2, 0.25) is 0 Å². The molecule has 0 aliphatic carbocycles. The lowest BCUT2D eigenvalue weighted by Gasteiger charge is -2.28. The van der Waals surface area contributed by atoms with Crippen LogP contribution in [0.15, 0.2) is 10.6 Å². The molecule has 0 spiro atoms. The van der Waals surface area contributed by atoms with Gasteiger partial charge in [-0.1, -0.05) is 19.0 Å². The molecule has 8 nitrogen and oxygen atoms in total. The summed E-state index contributed by atoms with van der Waals surface area (Å²) in [4.78, 5) is 12.5. The lowest BCUT2D eigenvalue weighted by molar-refractivity contribution is -0.118. The Morgan fingerprint density at radius 3 is 2.96 bits per heavy atom. The van der Waals surface area contributed by atoms with Gasteiger partial charge in [0.15, 0.2) is 5.82 Å². The first-order valence-corrected chi connectivity index (χ1v) is 8.51. The predicted molar refractivity (Wildman–Crippen MR) is 88.6 cm³/mol. The maximum atomic E-state index is 12.5. The van der Waals surface area contributed by atoms with Crippen LogP contribution in [0.3, 0.4) is 0 Å². The molecule has 3 heterocycles. The van der Waals surface area contributed by atoms with Crippen molar-refractivity contribution >= 4 is 11.7 Å². The molecule has 3 rings (SSSR count). The van der Waals surface area contributed by atoms with Gasteiger partial charge in [0.1, 0.15) is 17.4 Å². The average molecular weight is 332 g/mol. The van der Waals surface area contributed by atoms with Crippen LogP contribution in [-0.4, -0.2) is 37.9 Å². The minimum atomic E-state index is -0.268. The molecule has 1 amide bonds. The molecule has 24 heavy (non-hydrogen) atoms. The van der Waals surface area contributed by atoms with Crippen molar-refractivity contribution in [1.29, 1.82) is 0 Å². The predicted octanol–water partition coefficient (Wildman–Crippen LogP) is 1.46. The number of carbonyl (C=O) groups excluding carboxylic acids is 1. The van der Waals surface area contributed by atoms with E-state index in [1.807, 2.05) is 6.92 Å². The van der Waals surface area contributed by atoms with E-state index in [2.05, 4.69) is 37.5 Å². The zero-order chi connectivity index (χ0) is 17.1. The molecule has 0 saturated carbocycles. The molecule has 0 radical (unpaired) electrons. The second-order valence-corrected chi connectivity index (χ2v) is 6.17. The molecule has 8 heteroatoms. The third-order valence-electron chi connectivity index (χ3n) is 4.38. The first-order valence-electron chi connectivity index (χ1n) is 8.51. The largest absolute Gasteiger partial charge is 0.360 e. The highest BCUT2D eigenvalue weighted by molar-refractivity contribution is 5.94. The molecule has 130 valence electrons. The Labute approximate surface area is 141 Å². The molecule has 0 aromatic carbocycles. The Kier molecular flexibility index (Phi) is 4.94. The Balaban J connectivity index is 1.62. The van der Waals surface area contributed by atoms with Crippen LogP contribution < -0.4 is 10.6 Å². The van der Waals surface area contributed by atoms with Crippen molar-refractivity contribution in [3.63, 3.8) is 0 Å². The van der Waals surface area contributed by atoms with Crippen molar-refractivity contribution in [2.24, 2.45) is 0 Å². The lowest BCUT2D eigenvalue weighted by atomic mass is 10.0. The smallest absolute Gasteiger partial charge is 0.242 e. The molecule has 2 atom stereocenters. The normalized spacial score (nSPS) is 18.2. The monoisotopic (exact) mass is 332 g/mol. The molecule has 0 saturated heterocycles. The minimum Gasteiger partial charge on any atom is -0.360 e. The topological polar surface area (TPSA) is 97.9 Å². The summed E-state index contributed by atoms with van der Waals surface area (Å²) in [5.41, 5.74) is 0. The number of anilines is 1. The van der Waals surface area contributed by atoms with Crippen LogP contribution in [-0.2, 0) is 24.2 Å². The van der Waals surface area contributed by atoms with Gasteiger partial charge in [0.25, 0.3) is 0 Å². The molecule has 0 fully saturated rings. The van der Waals surface area contributed by atoms with E-state index in [4.69, 9.17) is 4.52 Å². The first kappa shape index (κ1) is 16.6. The van der Waals surface area contributed by atoms with Gasteiger partial charge < -0.3 is 19.7 Å². The van der Waals surface area contributed by atoms with Crippen LogP contribution in [0.5, 0.6) is 0 Å². The Morgan fingerprint density at radius 2 is 2.29 bits per heavy atom. The molecular weight excluding hydrogens is 308 g/mol. The van der Waals surface area contributed by atoms with Crippen LogP contribution in [0.1, 0.15) is 44.1 Å². The standard InChI is InChI=1S/C16H24N6O2/c1-4-12(16(23)18-13-8-10(3)24-21-13)17-11-6-7-15-20-19-14(5-2)22(15)9-11/h8,11-12,17H,4-7,9H2,1-3H3,(H,18,21,23)/t11-,12-/m0/s1. The zero-order valence-corrected chi connectivity index (χ0v) is 14.4. The quantitative estimate of drug-likeness (QED) is 0.831. The van der Waals surface area contributed by atoms with Gasteiger partial charge in [-0.25, -0.2) is 0 Å². The number of fused-ring (bicyclic) bond motifs is 1. The third kappa shape index (κ3) is 3.48. The van der Waals surface area contributed by atoms with E-state index in [-0.39, 0.29) is 18.0 Å². The van der Waals surface area contributed by atoms with E-state index < -0.39 is 0 Å². The van der Waals surface area contributed by atoms with E-state index in [9.17, 15) is 4.79 Å². The number of aryl methyl sites for hydroxylation is 3. The number of hydrogen-bond donors (Lipinski definition) is 2. The van der Waals surface area contributed by atoms with Crippen molar-refractivity contribution in [3.05, 3.63) is 23.5 Å². The minimum absolute atomic E-state index is 0.0870. The van der Waals surface area contributed by atoms with E-state index in [0.29, 0.717) is 18.0 Å². The van der Waals surface area contributed by atoms with E-state index in [1.54, 1.807) is 13.0 Å². The summed E-state index contributed by atoms with van der Waals surface area (Å²) in [6.07, 6.45) is 3.40. The van der Waals surface area contributed by atoms with E-state index in [1.165, 1.54) is 0 Å². The van der Waals surface area contributed by atoms with Gasteiger partial charge in [0.05, 0.1) is 6.04 Å². The number of nitrogens with one attached hydrogen (secondary N) is 2.